The summed E-state index contributed by atoms with van der Waals surface area (Å²) in [5, 5.41) is 14.1. The van der Waals surface area contributed by atoms with E-state index in [2.05, 4.69) is 56.1 Å². The zero-order chi connectivity index (χ0) is 25.5. The number of carbonyl (C=O) groups is 1. The fourth-order valence-electron chi connectivity index (χ4n) is 6.01. The highest BCUT2D eigenvalue weighted by atomic mass is 16.5. The van der Waals surface area contributed by atoms with Crippen LogP contribution >= 0.6 is 0 Å². The lowest BCUT2D eigenvalue weighted by Crippen LogP contribution is -2.34. The van der Waals surface area contributed by atoms with Crippen molar-refractivity contribution in [2.45, 2.75) is 102 Å². The quantitative estimate of drug-likeness (QED) is 0.502. The second-order valence-corrected chi connectivity index (χ2v) is 11.6. The third-order valence-electron chi connectivity index (χ3n) is 8.00. The molecule has 0 saturated heterocycles. The topological polar surface area (TPSA) is 67.8 Å². The first-order valence-electron chi connectivity index (χ1n) is 13.9. The first-order chi connectivity index (χ1) is 17.4. The van der Waals surface area contributed by atoms with Crippen molar-refractivity contribution in [1.82, 2.24) is 5.32 Å². The van der Waals surface area contributed by atoms with Crippen LogP contribution in [0, 0.1) is 17.8 Å². The molecule has 2 N–H and O–H groups in total. The van der Waals surface area contributed by atoms with Crippen LogP contribution in [0.5, 0.6) is 0 Å². The summed E-state index contributed by atoms with van der Waals surface area (Å²) in [6.07, 6.45) is 22.1. The van der Waals surface area contributed by atoms with Gasteiger partial charge in [0.25, 0.3) is 0 Å². The first-order valence-corrected chi connectivity index (χ1v) is 13.9. The van der Waals surface area contributed by atoms with Gasteiger partial charge < -0.3 is 19.9 Å². The van der Waals surface area contributed by atoms with Crippen LogP contribution in [0.1, 0.15) is 71.6 Å². The summed E-state index contributed by atoms with van der Waals surface area (Å²) in [5.41, 5.74) is 2.50. The van der Waals surface area contributed by atoms with Gasteiger partial charge in [0.05, 0.1) is 31.0 Å². The molecule has 36 heavy (non-hydrogen) atoms. The van der Waals surface area contributed by atoms with Crippen molar-refractivity contribution >= 4 is 5.91 Å². The van der Waals surface area contributed by atoms with E-state index in [0.29, 0.717) is 37.2 Å². The Bertz CT molecular complexity index is 887. The lowest BCUT2D eigenvalue weighted by atomic mass is 9.90. The maximum atomic E-state index is 12.8. The highest BCUT2D eigenvalue weighted by Crippen LogP contribution is 2.46. The molecular weight excluding hydrogens is 450 g/mol. The molecule has 4 rings (SSSR count). The van der Waals surface area contributed by atoms with Crippen molar-refractivity contribution in [2.75, 3.05) is 6.61 Å². The molecule has 0 radical (unpaired) electrons. The highest BCUT2D eigenvalue weighted by Gasteiger charge is 2.43. The fourth-order valence-corrected chi connectivity index (χ4v) is 6.01. The number of hydrogen-bond acceptors (Lipinski definition) is 4. The fraction of sp³-hybridized carbons (Fsp3) is 0.645. The van der Waals surface area contributed by atoms with Gasteiger partial charge in [0.15, 0.2) is 0 Å². The molecule has 198 valence electrons. The Hall–Kier alpha value is -1.95. The molecule has 5 nitrogen and oxygen atoms in total. The standard InChI is InChI=1S/C31H45NO4/c1-21-13-14-35-27(16-21)10-4-7-25-19-24-20-29(24)30(33)18-23(3)15-22(2)17-28-11-5-8-26(36-28)9-6-12-31(34)32-25/h4-6,8,10,12-13,22,24-30,33H,3,7,9,11,14-20H2,1-2H3,(H,32,34)/b10-4+,12-6-/t22-,24+,25+,26-,27+,28-,29?,30-/m0/s1. The van der Waals surface area contributed by atoms with Gasteiger partial charge in [-0.25, -0.2) is 0 Å². The average molecular weight is 496 g/mol. The number of aliphatic hydroxyl groups is 1. The number of amides is 1. The van der Waals surface area contributed by atoms with E-state index in [1.807, 2.05) is 6.08 Å². The second-order valence-electron chi connectivity index (χ2n) is 11.6. The van der Waals surface area contributed by atoms with E-state index in [9.17, 15) is 9.90 Å². The molecule has 0 aromatic carbocycles. The summed E-state index contributed by atoms with van der Waals surface area (Å²) in [6.45, 7) is 9.35. The highest BCUT2D eigenvalue weighted by molar-refractivity contribution is 5.87. The molecule has 8 atom stereocenters. The Morgan fingerprint density at radius 1 is 1.17 bits per heavy atom. The molecule has 1 aliphatic carbocycles. The first kappa shape index (κ1) is 27.1. The van der Waals surface area contributed by atoms with Crippen molar-refractivity contribution < 1.29 is 19.4 Å². The predicted molar refractivity (Wildman–Crippen MR) is 144 cm³/mol. The molecular formula is C31H45NO4. The van der Waals surface area contributed by atoms with Gasteiger partial charge in [-0.3, -0.25) is 4.79 Å². The van der Waals surface area contributed by atoms with Gasteiger partial charge in [-0.1, -0.05) is 61.1 Å². The summed E-state index contributed by atoms with van der Waals surface area (Å²) in [4.78, 5) is 12.8. The monoisotopic (exact) mass is 495 g/mol. The van der Waals surface area contributed by atoms with Crippen LogP contribution in [0.3, 0.4) is 0 Å². The van der Waals surface area contributed by atoms with E-state index in [-0.39, 0.29) is 36.4 Å². The predicted octanol–water partition coefficient (Wildman–Crippen LogP) is 5.58. The maximum absolute atomic E-state index is 12.8. The van der Waals surface area contributed by atoms with Gasteiger partial charge in [0, 0.05) is 6.04 Å². The normalized spacial score (nSPS) is 39.5. The van der Waals surface area contributed by atoms with Crippen LogP contribution in [0.4, 0.5) is 0 Å². The maximum Gasteiger partial charge on any atom is 0.243 e. The molecule has 0 aromatic heterocycles. The Kier molecular flexibility index (Phi) is 9.80. The minimum absolute atomic E-state index is 0.0165. The van der Waals surface area contributed by atoms with Crippen molar-refractivity contribution in [2.24, 2.45) is 17.8 Å². The lowest BCUT2D eigenvalue weighted by Gasteiger charge is -2.28. The molecule has 2 bridgehead atoms. The number of rotatable bonds is 3. The Morgan fingerprint density at radius 3 is 2.86 bits per heavy atom. The van der Waals surface area contributed by atoms with Crippen LogP contribution in [0.25, 0.3) is 0 Å². The third-order valence-corrected chi connectivity index (χ3v) is 8.00. The molecule has 5 heteroatoms. The van der Waals surface area contributed by atoms with Gasteiger partial charge in [0.2, 0.25) is 5.91 Å². The largest absolute Gasteiger partial charge is 0.392 e. The molecule has 3 aliphatic heterocycles. The summed E-state index contributed by atoms with van der Waals surface area (Å²) >= 11 is 0. The van der Waals surface area contributed by atoms with Crippen molar-refractivity contribution in [1.29, 1.82) is 0 Å². The summed E-state index contributed by atoms with van der Waals surface area (Å²) in [5.74, 6) is 1.16. The number of ether oxygens (including phenoxy) is 2. The van der Waals surface area contributed by atoms with Crippen LogP contribution < -0.4 is 5.32 Å². The molecule has 1 fully saturated rings. The molecule has 0 spiro atoms. The molecule has 1 amide bonds. The Labute approximate surface area is 217 Å². The average Bonchev–Trinajstić information content (AvgIpc) is 3.58. The minimum atomic E-state index is -0.344. The zero-order valence-corrected chi connectivity index (χ0v) is 22.1. The van der Waals surface area contributed by atoms with E-state index in [0.717, 1.165) is 50.5 Å². The molecule has 1 saturated carbocycles. The minimum Gasteiger partial charge on any atom is -0.392 e. The summed E-state index contributed by atoms with van der Waals surface area (Å²) in [7, 11) is 0. The lowest BCUT2D eigenvalue weighted by molar-refractivity contribution is -0.117. The van der Waals surface area contributed by atoms with Gasteiger partial charge in [-0.05, 0) is 88.5 Å². The third kappa shape index (κ3) is 8.57. The van der Waals surface area contributed by atoms with Crippen molar-refractivity contribution in [3.63, 3.8) is 0 Å². The smallest absolute Gasteiger partial charge is 0.243 e. The van der Waals surface area contributed by atoms with Gasteiger partial charge in [0.1, 0.15) is 0 Å². The Morgan fingerprint density at radius 2 is 2.03 bits per heavy atom. The van der Waals surface area contributed by atoms with Crippen molar-refractivity contribution in [3.05, 3.63) is 60.3 Å². The molecule has 0 aromatic rings. The summed E-state index contributed by atoms with van der Waals surface area (Å²) in [6, 6.07) is 0.0399. The van der Waals surface area contributed by atoms with Gasteiger partial charge in [-0.15, -0.1) is 0 Å². The number of nitrogens with one attached hydrogen (secondary N) is 1. The molecule has 1 unspecified atom stereocenters. The van der Waals surface area contributed by atoms with Crippen LogP contribution in [0.15, 0.2) is 60.3 Å². The number of carbonyl (C=O) groups excluding carboxylic acids is 1. The van der Waals surface area contributed by atoms with E-state index >= 15 is 0 Å². The van der Waals surface area contributed by atoms with Gasteiger partial charge in [-0.2, -0.15) is 0 Å². The van der Waals surface area contributed by atoms with E-state index in [4.69, 9.17) is 9.47 Å². The number of hydrogen-bond donors (Lipinski definition) is 2. The summed E-state index contributed by atoms with van der Waals surface area (Å²) < 4.78 is 12.1. The Balaban J connectivity index is 1.40. The SMILES string of the molecule is C=C1C[C@H](C)C[C@@H]2CC=C[C@@H](C/C=C\C(=O)N[C@H](C/C=C/[C@@H]3CC(C)=CCO3)C[C@@H]3CC3[C@@H](O)C1)O2. The van der Waals surface area contributed by atoms with Crippen LogP contribution in [-0.4, -0.2) is 48.1 Å². The van der Waals surface area contributed by atoms with Gasteiger partial charge >= 0.3 is 0 Å². The van der Waals surface area contributed by atoms with Crippen molar-refractivity contribution in [3.8, 4) is 0 Å². The number of fused-ring (bicyclic) bond motifs is 3. The van der Waals surface area contributed by atoms with Crippen LogP contribution in [0.2, 0.25) is 0 Å². The van der Waals surface area contributed by atoms with E-state index in [1.165, 1.54) is 5.57 Å². The number of aliphatic hydroxyl groups excluding tert-OH is 1. The van der Waals surface area contributed by atoms with E-state index < -0.39 is 0 Å². The second kappa shape index (κ2) is 13.0. The zero-order valence-electron chi connectivity index (χ0n) is 22.1. The molecule has 3 heterocycles. The van der Waals surface area contributed by atoms with E-state index in [1.54, 1.807) is 6.08 Å². The molecule has 4 aliphatic rings. The van der Waals surface area contributed by atoms with Crippen LogP contribution in [-0.2, 0) is 14.3 Å².